The van der Waals surface area contributed by atoms with E-state index >= 15 is 0 Å². The van der Waals surface area contributed by atoms with Gasteiger partial charge in [0.05, 0.1) is 0 Å². The van der Waals surface area contributed by atoms with Gasteiger partial charge in [0.2, 0.25) is 0 Å². The smallest absolute Gasteiger partial charge is 0.123 e. The second-order valence-electron chi connectivity index (χ2n) is 5.92. The van der Waals surface area contributed by atoms with Crippen LogP contribution in [0.15, 0.2) is 18.2 Å². The lowest BCUT2D eigenvalue weighted by Gasteiger charge is -2.34. The molecule has 0 aromatic heterocycles. The van der Waals surface area contributed by atoms with E-state index in [1.54, 1.807) is 12.1 Å². The topological polar surface area (TPSA) is 18.5 Å². The van der Waals surface area contributed by atoms with Crippen molar-refractivity contribution in [3.05, 3.63) is 29.6 Å². The Labute approximate surface area is 128 Å². The molecule has 1 aliphatic rings. The van der Waals surface area contributed by atoms with Crippen molar-refractivity contribution in [2.75, 3.05) is 38.1 Å². The summed E-state index contributed by atoms with van der Waals surface area (Å²) in [6.45, 7) is 9.21. The highest BCUT2D eigenvalue weighted by atomic mass is 19.1. The van der Waals surface area contributed by atoms with Gasteiger partial charge in [0.25, 0.3) is 0 Å². The van der Waals surface area contributed by atoms with Gasteiger partial charge >= 0.3 is 0 Å². The molecule has 2 rings (SSSR count). The number of hydrogen-bond acceptors (Lipinski definition) is 3. The van der Waals surface area contributed by atoms with Crippen molar-refractivity contribution >= 4 is 5.69 Å². The largest absolute Gasteiger partial charge is 0.367 e. The number of nitrogens with one attached hydrogen (secondary N) is 1. The molecule has 0 spiro atoms. The first-order valence-electron chi connectivity index (χ1n) is 8.10. The molecule has 1 N–H and O–H groups in total. The van der Waals surface area contributed by atoms with Crippen LogP contribution in [0.5, 0.6) is 0 Å². The molecule has 4 heteroatoms. The highest BCUT2D eigenvalue weighted by Crippen LogP contribution is 2.26. The molecular formula is C17H28FN3. The number of benzene rings is 1. The molecule has 0 bridgehead atoms. The van der Waals surface area contributed by atoms with Gasteiger partial charge in [0.15, 0.2) is 0 Å². The van der Waals surface area contributed by atoms with Crippen LogP contribution in [0, 0.1) is 5.82 Å². The summed E-state index contributed by atoms with van der Waals surface area (Å²) in [6, 6.07) is 5.73. The highest BCUT2D eigenvalue weighted by Gasteiger charge is 2.24. The minimum absolute atomic E-state index is 0.147. The van der Waals surface area contributed by atoms with Crippen LogP contribution in [-0.4, -0.2) is 44.2 Å². The molecule has 1 aromatic rings. The zero-order valence-corrected chi connectivity index (χ0v) is 13.5. The van der Waals surface area contributed by atoms with Crippen molar-refractivity contribution < 1.29 is 4.39 Å². The monoisotopic (exact) mass is 293 g/mol. The fourth-order valence-electron chi connectivity index (χ4n) is 3.15. The summed E-state index contributed by atoms with van der Waals surface area (Å²) in [5.41, 5.74) is 2.26. The van der Waals surface area contributed by atoms with E-state index in [9.17, 15) is 4.39 Å². The Bertz CT molecular complexity index is 450. The van der Waals surface area contributed by atoms with Gasteiger partial charge in [-0.25, -0.2) is 4.39 Å². The second kappa shape index (κ2) is 7.76. The molecule has 1 saturated heterocycles. The van der Waals surface area contributed by atoms with E-state index in [2.05, 4.69) is 36.0 Å². The van der Waals surface area contributed by atoms with Crippen LogP contribution in [0.1, 0.15) is 32.3 Å². The predicted octanol–water partition coefficient (Wildman–Crippen LogP) is 2.86. The van der Waals surface area contributed by atoms with Crippen LogP contribution in [0.4, 0.5) is 10.1 Å². The van der Waals surface area contributed by atoms with Crippen LogP contribution >= 0.6 is 0 Å². The van der Waals surface area contributed by atoms with Gasteiger partial charge in [0, 0.05) is 31.4 Å². The molecule has 1 unspecified atom stereocenters. The van der Waals surface area contributed by atoms with E-state index in [4.69, 9.17) is 0 Å². The third-order valence-corrected chi connectivity index (χ3v) is 4.29. The molecule has 0 radical (unpaired) electrons. The number of anilines is 1. The minimum atomic E-state index is -0.147. The zero-order valence-electron chi connectivity index (χ0n) is 13.5. The van der Waals surface area contributed by atoms with Crippen molar-refractivity contribution in [1.29, 1.82) is 0 Å². The van der Waals surface area contributed by atoms with Crippen LogP contribution < -0.4 is 10.2 Å². The molecule has 1 aromatic carbocycles. The van der Waals surface area contributed by atoms with Gasteiger partial charge in [-0.05, 0) is 56.7 Å². The summed E-state index contributed by atoms with van der Waals surface area (Å²) >= 11 is 0. The predicted molar refractivity (Wildman–Crippen MR) is 87.3 cm³/mol. The standard InChI is InChI=1S/C17H28FN3/c1-4-16-13-20(3)9-6-10-21(16)17-8-7-15(18)11-14(17)12-19-5-2/h7-8,11,16,19H,4-6,9-10,12-13H2,1-3H3. The Kier molecular flexibility index (Phi) is 6.00. The summed E-state index contributed by atoms with van der Waals surface area (Å²) in [4.78, 5) is 4.89. The molecular weight excluding hydrogens is 265 g/mol. The number of halogens is 1. The lowest BCUT2D eigenvalue weighted by molar-refractivity contribution is 0.328. The highest BCUT2D eigenvalue weighted by molar-refractivity contribution is 5.55. The number of hydrogen-bond donors (Lipinski definition) is 1. The Morgan fingerprint density at radius 3 is 2.81 bits per heavy atom. The van der Waals surface area contributed by atoms with Gasteiger partial charge in [-0.3, -0.25) is 0 Å². The molecule has 1 heterocycles. The number of likely N-dealkylation sites (N-methyl/N-ethyl adjacent to an activating group) is 1. The van der Waals surface area contributed by atoms with E-state index in [1.165, 1.54) is 5.69 Å². The quantitative estimate of drug-likeness (QED) is 0.900. The molecule has 0 saturated carbocycles. The Balaban J connectivity index is 2.29. The average Bonchev–Trinajstić information content (AvgIpc) is 2.66. The lowest BCUT2D eigenvalue weighted by atomic mass is 10.1. The molecule has 118 valence electrons. The fraction of sp³-hybridized carbons (Fsp3) is 0.647. The van der Waals surface area contributed by atoms with Crippen LogP contribution in [-0.2, 0) is 6.54 Å². The van der Waals surface area contributed by atoms with Crippen molar-refractivity contribution in [2.45, 2.75) is 39.3 Å². The van der Waals surface area contributed by atoms with E-state index in [-0.39, 0.29) is 5.82 Å². The first kappa shape index (κ1) is 16.2. The molecule has 1 fully saturated rings. The number of nitrogens with zero attached hydrogens (tertiary/aromatic N) is 2. The molecule has 0 aliphatic carbocycles. The first-order chi connectivity index (χ1) is 10.2. The molecule has 1 aliphatic heterocycles. The maximum Gasteiger partial charge on any atom is 0.123 e. The van der Waals surface area contributed by atoms with Gasteiger partial charge in [-0.1, -0.05) is 13.8 Å². The van der Waals surface area contributed by atoms with Crippen molar-refractivity contribution in [3.63, 3.8) is 0 Å². The minimum Gasteiger partial charge on any atom is -0.367 e. The summed E-state index contributed by atoms with van der Waals surface area (Å²) in [6.07, 6.45) is 2.27. The number of rotatable bonds is 5. The van der Waals surface area contributed by atoms with E-state index in [0.29, 0.717) is 6.04 Å². The van der Waals surface area contributed by atoms with Crippen molar-refractivity contribution in [1.82, 2.24) is 10.2 Å². The maximum atomic E-state index is 13.6. The fourth-order valence-corrected chi connectivity index (χ4v) is 3.15. The van der Waals surface area contributed by atoms with Crippen molar-refractivity contribution in [2.24, 2.45) is 0 Å². The third-order valence-electron chi connectivity index (χ3n) is 4.29. The third kappa shape index (κ3) is 4.17. The Morgan fingerprint density at radius 2 is 2.10 bits per heavy atom. The molecule has 0 amide bonds. The van der Waals surface area contributed by atoms with Gasteiger partial charge in [0.1, 0.15) is 5.82 Å². The maximum absolute atomic E-state index is 13.6. The van der Waals surface area contributed by atoms with Crippen LogP contribution in [0.2, 0.25) is 0 Å². The van der Waals surface area contributed by atoms with E-state index < -0.39 is 0 Å². The first-order valence-corrected chi connectivity index (χ1v) is 8.10. The summed E-state index contributed by atoms with van der Waals surface area (Å²) in [5, 5.41) is 3.32. The second-order valence-corrected chi connectivity index (χ2v) is 5.92. The molecule has 3 nitrogen and oxygen atoms in total. The molecule has 21 heavy (non-hydrogen) atoms. The van der Waals surface area contributed by atoms with E-state index in [0.717, 1.165) is 51.1 Å². The normalized spacial score (nSPS) is 20.6. The van der Waals surface area contributed by atoms with Gasteiger partial charge in [-0.2, -0.15) is 0 Å². The summed E-state index contributed by atoms with van der Waals surface area (Å²) in [5.74, 6) is -0.147. The van der Waals surface area contributed by atoms with E-state index in [1.807, 2.05) is 6.07 Å². The lowest BCUT2D eigenvalue weighted by Crippen LogP contribution is -2.40. The van der Waals surface area contributed by atoms with Gasteiger partial charge < -0.3 is 15.1 Å². The van der Waals surface area contributed by atoms with Crippen molar-refractivity contribution in [3.8, 4) is 0 Å². The average molecular weight is 293 g/mol. The molecule has 1 atom stereocenters. The zero-order chi connectivity index (χ0) is 15.2. The van der Waals surface area contributed by atoms with Crippen LogP contribution in [0.3, 0.4) is 0 Å². The Hall–Kier alpha value is -1.13. The summed E-state index contributed by atoms with van der Waals surface area (Å²) < 4.78 is 13.6. The van der Waals surface area contributed by atoms with Crippen LogP contribution in [0.25, 0.3) is 0 Å². The SMILES string of the molecule is CCNCc1cc(F)ccc1N1CCCN(C)CC1CC. The van der Waals surface area contributed by atoms with Gasteiger partial charge in [-0.15, -0.1) is 0 Å². The summed E-state index contributed by atoms with van der Waals surface area (Å²) in [7, 11) is 2.19. The Morgan fingerprint density at radius 1 is 1.29 bits per heavy atom.